The SMILES string of the molecule is CCCC1C(=O)N(C(S)(c2ccccc2)c2nn[nH]n2)SN1C. The van der Waals surface area contributed by atoms with Crippen molar-refractivity contribution in [2.75, 3.05) is 7.05 Å². The molecule has 9 heteroatoms. The number of aromatic nitrogens is 4. The van der Waals surface area contributed by atoms with Crippen molar-refractivity contribution >= 4 is 30.7 Å². The average molecular weight is 350 g/mol. The number of amides is 1. The Labute approximate surface area is 144 Å². The van der Waals surface area contributed by atoms with Crippen LogP contribution in [0.1, 0.15) is 31.2 Å². The number of hydrogen-bond donors (Lipinski definition) is 2. The monoisotopic (exact) mass is 350 g/mol. The first-order chi connectivity index (χ1) is 11.1. The van der Waals surface area contributed by atoms with Crippen molar-refractivity contribution in [1.82, 2.24) is 29.2 Å². The van der Waals surface area contributed by atoms with E-state index in [0.717, 1.165) is 18.4 Å². The molecule has 1 aromatic carbocycles. The molecule has 0 bridgehead atoms. The van der Waals surface area contributed by atoms with Gasteiger partial charge in [0.05, 0.1) is 0 Å². The van der Waals surface area contributed by atoms with Crippen LogP contribution in [0.15, 0.2) is 30.3 Å². The van der Waals surface area contributed by atoms with Gasteiger partial charge in [-0.15, -0.1) is 22.8 Å². The van der Waals surface area contributed by atoms with Gasteiger partial charge in [-0.3, -0.25) is 4.79 Å². The minimum absolute atomic E-state index is 0.00278. The standard InChI is InChI=1S/C14H18N6OS2/c1-3-7-11-12(21)20(23-19(11)2)14(22,13-15-17-18-16-13)10-8-5-4-6-9-10/h4-6,8-9,11,22H,3,7H2,1-2H3,(H,15,16,17,18). The molecule has 122 valence electrons. The smallest absolute Gasteiger partial charge is 0.253 e. The number of carbonyl (C=O) groups is 1. The van der Waals surface area contributed by atoms with Gasteiger partial charge in [-0.25, -0.2) is 8.61 Å². The molecular formula is C14H18N6OS2. The Kier molecular flexibility index (Phi) is 4.60. The van der Waals surface area contributed by atoms with E-state index in [1.807, 2.05) is 41.7 Å². The fourth-order valence-corrected chi connectivity index (χ4v) is 4.16. The van der Waals surface area contributed by atoms with Crippen LogP contribution in [0.5, 0.6) is 0 Å². The molecule has 0 saturated carbocycles. The molecule has 1 aromatic heterocycles. The fraction of sp³-hybridized carbons (Fsp3) is 0.429. The Morgan fingerprint density at radius 1 is 1.39 bits per heavy atom. The van der Waals surface area contributed by atoms with Crippen molar-refractivity contribution in [1.29, 1.82) is 0 Å². The van der Waals surface area contributed by atoms with E-state index in [-0.39, 0.29) is 11.9 Å². The van der Waals surface area contributed by atoms with Gasteiger partial charge in [-0.1, -0.05) is 48.9 Å². The van der Waals surface area contributed by atoms with Crippen LogP contribution in [-0.4, -0.2) is 48.2 Å². The first-order valence-corrected chi connectivity index (χ1v) is 8.53. The highest BCUT2D eigenvalue weighted by atomic mass is 32.2. The molecule has 0 spiro atoms. The van der Waals surface area contributed by atoms with Crippen LogP contribution in [0.2, 0.25) is 0 Å². The number of tetrazole rings is 1. The van der Waals surface area contributed by atoms with Crippen molar-refractivity contribution < 1.29 is 4.79 Å². The summed E-state index contributed by atoms with van der Waals surface area (Å²) < 4.78 is 3.59. The number of carbonyl (C=O) groups excluding carboxylic acids is 1. The number of thiol groups is 1. The molecular weight excluding hydrogens is 332 g/mol. The van der Waals surface area contributed by atoms with Crippen LogP contribution >= 0.6 is 24.8 Å². The molecule has 1 saturated heterocycles. The van der Waals surface area contributed by atoms with Gasteiger partial charge in [-0.05, 0) is 12.0 Å². The minimum atomic E-state index is -1.09. The van der Waals surface area contributed by atoms with Gasteiger partial charge < -0.3 is 0 Å². The first-order valence-electron chi connectivity index (χ1n) is 7.35. The number of H-pyrrole nitrogens is 1. The van der Waals surface area contributed by atoms with E-state index in [0.29, 0.717) is 5.82 Å². The quantitative estimate of drug-likeness (QED) is 0.633. The molecule has 0 aliphatic carbocycles. The van der Waals surface area contributed by atoms with Crippen LogP contribution in [0.3, 0.4) is 0 Å². The summed E-state index contributed by atoms with van der Waals surface area (Å²) in [6.07, 6.45) is 1.73. The van der Waals surface area contributed by atoms with E-state index in [2.05, 4.69) is 27.5 Å². The summed E-state index contributed by atoms with van der Waals surface area (Å²) in [5.41, 5.74) is 0.816. The Morgan fingerprint density at radius 3 is 2.74 bits per heavy atom. The lowest BCUT2D eigenvalue weighted by atomic mass is 10.0. The van der Waals surface area contributed by atoms with Gasteiger partial charge in [-0.2, -0.15) is 5.21 Å². The summed E-state index contributed by atoms with van der Waals surface area (Å²) >= 11 is 6.18. The number of nitrogens with zero attached hydrogens (tertiary/aromatic N) is 5. The Bertz CT molecular complexity index is 667. The molecule has 7 nitrogen and oxygen atoms in total. The zero-order chi connectivity index (χ0) is 16.4. The number of hydrogen-bond acceptors (Lipinski definition) is 7. The maximum Gasteiger partial charge on any atom is 0.253 e. The maximum absolute atomic E-state index is 12.9. The lowest BCUT2D eigenvalue weighted by Crippen LogP contribution is -2.43. The van der Waals surface area contributed by atoms with Crippen LogP contribution in [-0.2, 0) is 9.67 Å². The summed E-state index contributed by atoms with van der Waals surface area (Å²) in [5, 5.41) is 14.3. The van der Waals surface area contributed by atoms with Crippen molar-refractivity contribution in [3.63, 3.8) is 0 Å². The predicted octanol–water partition coefficient (Wildman–Crippen LogP) is 1.84. The molecule has 1 aliphatic rings. The van der Waals surface area contributed by atoms with Crippen molar-refractivity contribution in [2.24, 2.45) is 0 Å². The predicted molar refractivity (Wildman–Crippen MR) is 91.3 cm³/mol. The van der Waals surface area contributed by atoms with E-state index in [9.17, 15) is 4.79 Å². The van der Waals surface area contributed by atoms with Gasteiger partial charge in [0.2, 0.25) is 5.82 Å². The number of benzene rings is 1. The highest BCUT2D eigenvalue weighted by molar-refractivity contribution is 7.96. The first kappa shape index (κ1) is 16.3. The second kappa shape index (κ2) is 6.50. The van der Waals surface area contributed by atoms with E-state index < -0.39 is 4.87 Å². The zero-order valence-electron chi connectivity index (χ0n) is 12.9. The second-order valence-electron chi connectivity index (χ2n) is 5.34. The number of nitrogens with one attached hydrogen (secondary N) is 1. The van der Waals surface area contributed by atoms with Gasteiger partial charge in [0, 0.05) is 19.2 Å². The van der Waals surface area contributed by atoms with Gasteiger partial charge in [0.1, 0.15) is 6.04 Å². The highest BCUT2D eigenvalue weighted by Gasteiger charge is 2.51. The average Bonchev–Trinajstić information content (AvgIpc) is 3.20. The summed E-state index contributed by atoms with van der Waals surface area (Å²) in [6.45, 7) is 2.07. The number of rotatable bonds is 5. The summed E-state index contributed by atoms with van der Waals surface area (Å²) in [7, 11) is 1.91. The second-order valence-corrected chi connectivity index (χ2v) is 7.09. The van der Waals surface area contributed by atoms with Gasteiger partial charge >= 0.3 is 0 Å². The highest BCUT2D eigenvalue weighted by Crippen LogP contribution is 2.46. The molecule has 2 heterocycles. The summed E-state index contributed by atoms with van der Waals surface area (Å²) in [5.74, 6) is 0.349. The van der Waals surface area contributed by atoms with Gasteiger partial charge in [0.15, 0.2) is 4.87 Å². The maximum atomic E-state index is 12.9. The lowest BCUT2D eigenvalue weighted by molar-refractivity contribution is -0.129. The molecule has 1 amide bonds. The zero-order valence-corrected chi connectivity index (χ0v) is 14.6. The summed E-state index contributed by atoms with van der Waals surface area (Å²) in [4.78, 5) is 11.9. The Morgan fingerprint density at radius 2 is 2.13 bits per heavy atom. The third-order valence-corrected chi connectivity index (χ3v) is 5.75. The molecule has 2 atom stereocenters. The van der Waals surface area contributed by atoms with Crippen molar-refractivity contribution in [3.8, 4) is 0 Å². The van der Waals surface area contributed by atoms with Crippen LogP contribution in [0, 0.1) is 0 Å². The molecule has 1 N–H and O–H groups in total. The third-order valence-electron chi connectivity index (χ3n) is 3.82. The van der Waals surface area contributed by atoms with Crippen LogP contribution in [0.25, 0.3) is 0 Å². The number of likely N-dealkylation sites (N-methyl/N-ethyl adjacent to an activating group) is 1. The van der Waals surface area contributed by atoms with E-state index >= 15 is 0 Å². The number of aromatic amines is 1. The lowest BCUT2D eigenvalue weighted by Gasteiger charge is -2.33. The van der Waals surface area contributed by atoms with Crippen molar-refractivity contribution in [3.05, 3.63) is 41.7 Å². The van der Waals surface area contributed by atoms with Crippen molar-refractivity contribution in [2.45, 2.75) is 30.7 Å². The molecule has 3 rings (SSSR count). The van der Waals surface area contributed by atoms with E-state index in [1.165, 1.54) is 12.1 Å². The molecule has 23 heavy (non-hydrogen) atoms. The third kappa shape index (κ3) is 2.73. The molecule has 0 radical (unpaired) electrons. The minimum Gasteiger partial charge on any atom is -0.272 e. The van der Waals surface area contributed by atoms with Crippen LogP contribution in [0.4, 0.5) is 0 Å². The molecule has 2 unspecified atom stereocenters. The molecule has 1 fully saturated rings. The normalized spacial score (nSPS) is 21.6. The Balaban J connectivity index is 2.06. The topological polar surface area (TPSA) is 78.0 Å². The van der Waals surface area contributed by atoms with E-state index in [4.69, 9.17) is 12.6 Å². The molecule has 1 aliphatic heterocycles. The largest absolute Gasteiger partial charge is 0.272 e. The van der Waals surface area contributed by atoms with E-state index in [1.54, 1.807) is 4.31 Å². The summed E-state index contributed by atoms with van der Waals surface area (Å²) in [6, 6.07) is 9.36. The molecule has 2 aromatic rings. The Hall–Kier alpha value is -1.58. The van der Waals surface area contributed by atoms with Crippen LogP contribution < -0.4 is 0 Å². The fourth-order valence-electron chi connectivity index (χ4n) is 2.63. The van der Waals surface area contributed by atoms with Gasteiger partial charge in [0.25, 0.3) is 5.91 Å².